The molecular formula is C18H20F3N3O3. The van der Waals surface area contributed by atoms with Gasteiger partial charge >= 0.3 is 12.2 Å². The molecule has 0 aliphatic carbocycles. The second-order valence-electron chi connectivity index (χ2n) is 6.81. The summed E-state index contributed by atoms with van der Waals surface area (Å²) in [5, 5.41) is 0. The van der Waals surface area contributed by atoms with Gasteiger partial charge in [0.2, 0.25) is 5.91 Å². The lowest BCUT2D eigenvalue weighted by atomic mass is 10.1. The van der Waals surface area contributed by atoms with Crippen LogP contribution in [0.15, 0.2) is 24.3 Å². The van der Waals surface area contributed by atoms with Crippen molar-refractivity contribution in [1.29, 1.82) is 0 Å². The molecule has 3 rings (SSSR count). The van der Waals surface area contributed by atoms with Crippen molar-refractivity contribution in [1.82, 2.24) is 14.7 Å². The molecule has 0 spiro atoms. The fourth-order valence-corrected chi connectivity index (χ4v) is 3.73. The topological polar surface area (TPSA) is 60.9 Å². The normalized spacial score (nSPS) is 23.7. The zero-order valence-electron chi connectivity index (χ0n) is 15.0. The van der Waals surface area contributed by atoms with Gasteiger partial charge in [0.25, 0.3) is 5.91 Å². The maximum absolute atomic E-state index is 13.2. The Morgan fingerprint density at radius 1 is 1.15 bits per heavy atom. The van der Waals surface area contributed by atoms with Crippen molar-refractivity contribution in [3.05, 3.63) is 35.4 Å². The van der Waals surface area contributed by atoms with Crippen molar-refractivity contribution in [2.24, 2.45) is 0 Å². The number of likely N-dealkylation sites (tertiary alicyclic amines) is 1. The Morgan fingerprint density at radius 2 is 1.81 bits per heavy atom. The van der Waals surface area contributed by atoms with Gasteiger partial charge in [0.1, 0.15) is 6.04 Å². The predicted octanol–water partition coefficient (Wildman–Crippen LogP) is 2.48. The molecule has 2 fully saturated rings. The van der Waals surface area contributed by atoms with E-state index in [2.05, 4.69) is 0 Å². The van der Waals surface area contributed by atoms with Gasteiger partial charge in [0.15, 0.2) is 0 Å². The van der Waals surface area contributed by atoms with Crippen LogP contribution in [0.4, 0.5) is 18.0 Å². The van der Waals surface area contributed by atoms with Crippen molar-refractivity contribution >= 4 is 17.8 Å². The number of amides is 4. The summed E-state index contributed by atoms with van der Waals surface area (Å²) in [4.78, 5) is 40.9. The molecule has 27 heavy (non-hydrogen) atoms. The van der Waals surface area contributed by atoms with E-state index in [4.69, 9.17) is 0 Å². The Balaban J connectivity index is 1.78. The van der Waals surface area contributed by atoms with Crippen LogP contribution in [0, 0.1) is 0 Å². The summed E-state index contributed by atoms with van der Waals surface area (Å²) in [5.74, 6) is -0.736. The van der Waals surface area contributed by atoms with Gasteiger partial charge in [-0.2, -0.15) is 13.2 Å². The molecule has 6 nitrogen and oxygen atoms in total. The number of urea groups is 1. The monoisotopic (exact) mass is 383 g/mol. The van der Waals surface area contributed by atoms with Gasteiger partial charge in [-0.25, -0.2) is 4.79 Å². The lowest BCUT2D eigenvalue weighted by Gasteiger charge is -2.23. The van der Waals surface area contributed by atoms with E-state index in [1.807, 2.05) is 0 Å². The smallest absolute Gasteiger partial charge is 0.336 e. The Hall–Kier alpha value is -2.58. The van der Waals surface area contributed by atoms with Gasteiger partial charge in [-0.15, -0.1) is 0 Å². The number of hydrogen-bond donors (Lipinski definition) is 0. The third-order valence-corrected chi connectivity index (χ3v) is 5.13. The number of halogens is 3. The zero-order chi connectivity index (χ0) is 19.9. The van der Waals surface area contributed by atoms with E-state index in [9.17, 15) is 27.6 Å². The van der Waals surface area contributed by atoms with Gasteiger partial charge < -0.3 is 9.80 Å². The van der Waals surface area contributed by atoms with E-state index < -0.39 is 29.9 Å². The number of likely N-dealkylation sites (N-methyl/N-ethyl adjacent to an activating group) is 1. The third-order valence-electron chi connectivity index (χ3n) is 5.13. The van der Waals surface area contributed by atoms with Crippen molar-refractivity contribution < 1.29 is 27.6 Å². The van der Waals surface area contributed by atoms with E-state index in [0.29, 0.717) is 6.42 Å². The first-order valence-electron chi connectivity index (χ1n) is 8.67. The van der Waals surface area contributed by atoms with Gasteiger partial charge in [0.05, 0.1) is 11.6 Å². The first-order chi connectivity index (χ1) is 12.6. The molecule has 0 bridgehead atoms. The minimum Gasteiger partial charge on any atom is -0.336 e. The summed E-state index contributed by atoms with van der Waals surface area (Å²) in [7, 11) is 1.53. The van der Waals surface area contributed by atoms with Crippen LogP contribution in [-0.2, 0) is 22.3 Å². The van der Waals surface area contributed by atoms with Crippen LogP contribution in [0.25, 0.3) is 0 Å². The standard InChI is InChI=1S/C18H20F3N3O3/c1-3-14-16(26)24(17(27)22(14)2)12-8-15(25)23(10-12)9-11-6-4-5-7-13(11)18(19,20)21/h4-7,12,14H,3,8-10H2,1-2H3/t12-,14+/m1/s1. The van der Waals surface area contributed by atoms with E-state index in [1.54, 1.807) is 6.92 Å². The molecule has 0 N–H and O–H groups in total. The van der Waals surface area contributed by atoms with Crippen LogP contribution in [-0.4, -0.2) is 58.2 Å². The first kappa shape index (κ1) is 19.2. The second-order valence-corrected chi connectivity index (χ2v) is 6.81. The van der Waals surface area contributed by atoms with Crippen molar-refractivity contribution in [2.75, 3.05) is 13.6 Å². The molecule has 4 amide bonds. The van der Waals surface area contributed by atoms with Crippen LogP contribution < -0.4 is 0 Å². The number of carbonyl (C=O) groups is 3. The zero-order valence-corrected chi connectivity index (χ0v) is 15.0. The van der Waals surface area contributed by atoms with Crippen LogP contribution in [0.3, 0.4) is 0 Å². The molecule has 1 aromatic rings. The first-order valence-corrected chi connectivity index (χ1v) is 8.67. The minimum absolute atomic E-state index is 0.0124. The summed E-state index contributed by atoms with van der Waals surface area (Å²) < 4.78 is 39.5. The highest BCUT2D eigenvalue weighted by Gasteiger charge is 2.48. The Kier molecular flexibility index (Phi) is 4.88. The van der Waals surface area contributed by atoms with Crippen LogP contribution in [0.2, 0.25) is 0 Å². The lowest BCUT2D eigenvalue weighted by molar-refractivity contribution is -0.139. The fourth-order valence-electron chi connectivity index (χ4n) is 3.73. The van der Waals surface area contributed by atoms with Crippen LogP contribution in [0.5, 0.6) is 0 Å². The maximum atomic E-state index is 13.2. The van der Waals surface area contributed by atoms with Gasteiger partial charge in [-0.1, -0.05) is 25.1 Å². The number of nitrogens with zero attached hydrogens (tertiary/aromatic N) is 3. The molecule has 9 heteroatoms. The average molecular weight is 383 g/mol. The molecule has 0 saturated carbocycles. The number of rotatable bonds is 4. The third kappa shape index (κ3) is 3.38. The number of carbonyl (C=O) groups excluding carboxylic acids is 3. The molecule has 2 saturated heterocycles. The maximum Gasteiger partial charge on any atom is 0.416 e. The summed E-state index contributed by atoms with van der Waals surface area (Å²) >= 11 is 0. The molecular weight excluding hydrogens is 363 g/mol. The summed E-state index contributed by atoms with van der Waals surface area (Å²) in [6.45, 7) is 1.61. The second kappa shape index (κ2) is 6.86. The SMILES string of the molecule is CC[C@H]1C(=O)N([C@@H]2CC(=O)N(Cc3ccccc3C(F)(F)F)C2)C(=O)N1C. The van der Waals surface area contributed by atoms with Crippen molar-refractivity contribution in [3.63, 3.8) is 0 Å². The summed E-state index contributed by atoms with van der Waals surface area (Å²) in [5.41, 5.74) is -0.804. The minimum atomic E-state index is -4.52. The molecule has 1 aromatic carbocycles. The highest BCUT2D eigenvalue weighted by Crippen LogP contribution is 2.33. The molecule has 2 aliphatic rings. The fraction of sp³-hybridized carbons (Fsp3) is 0.500. The van der Waals surface area contributed by atoms with Gasteiger partial charge in [0, 0.05) is 26.6 Å². The molecule has 146 valence electrons. The number of benzene rings is 1. The van der Waals surface area contributed by atoms with Crippen LogP contribution >= 0.6 is 0 Å². The Morgan fingerprint density at radius 3 is 2.41 bits per heavy atom. The van der Waals surface area contributed by atoms with E-state index in [-0.39, 0.29) is 36.9 Å². The van der Waals surface area contributed by atoms with E-state index >= 15 is 0 Å². The molecule has 2 heterocycles. The molecule has 0 radical (unpaired) electrons. The van der Waals surface area contributed by atoms with Crippen molar-refractivity contribution in [3.8, 4) is 0 Å². The predicted molar refractivity (Wildman–Crippen MR) is 89.4 cm³/mol. The molecule has 2 aliphatic heterocycles. The average Bonchev–Trinajstić information content (AvgIpc) is 3.04. The molecule has 2 atom stereocenters. The van der Waals surface area contributed by atoms with Gasteiger partial charge in [-0.05, 0) is 18.1 Å². The number of hydrogen-bond acceptors (Lipinski definition) is 3. The van der Waals surface area contributed by atoms with E-state index in [1.165, 1.54) is 35.0 Å². The summed E-state index contributed by atoms with van der Waals surface area (Å²) in [6, 6.07) is 3.39. The lowest BCUT2D eigenvalue weighted by Crippen LogP contribution is -2.42. The van der Waals surface area contributed by atoms with Crippen LogP contribution in [0.1, 0.15) is 30.9 Å². The Bertz CT molecular complexity index is 781. The highest BCUT2D eigenvalue weighted by atomic mass is 19.4. The molecule has 0 aromatic heterocycles. The Labute approximate surface area is 154 Å². The van der Waals surface area contributed by atoms with Gasteiger partial charge in [-0.3, -0.25) is 14.5 Å². The number of alkyl halides is 3. The summed E-state index contributed by atoms with van der Waals surface area (Å²) in [6.07, 6.45) is -4.13. The van der Waals surface area contributed by atoms with E-state index in [0.717, 1.165) is 11.0 Å². The molecule has 0 unspecified atom stereocenters. The highest BCUT2D eigenvalue weighted by molar-refractivity contribution is 6.05. The number of imide groups is 1. The largest absolute Gasteiger partial charge is 0.416 e. The quantitative estimate of drug-likeness (QED) is 0.751. The van der Waals surface area contributed by atoms with Crippen molar-refractivity contribution in [2.45, 2.75) is 44.6 Å².